The number of rotatable bonds is 3. The molecule has 1 aromatic rings. The van der Waals surface area contributed by atoms with Crippen molar-refractivity contribution in [1.82, 2.24) is 5.32 Å². The minimum absolute atomic E-state index is 0.0203. The second-order valence-corrected chi connectivity index (χ2v) is 6.44. The van der Waals surface area contributed by atoms with Gasteiger partial charge in [0.05, 0.1) is 0 Å². The van der Waals surface area contributed by atoms with E-state index >= 15 is 0 Å². The Morgan fingerprint density at radius 2 is 2.16 bits per heavy atom. The van der Waals surface area contributed by atoms with Crippen molar-refractivity contribution in [1.29, 1.82) is 0 Å². The lowest BCUT2D eigenvalue weighted by molar-refractivity contribution is 0.266. The molecule has 0 radical (unpaired) electrons. The molecule has 0 aliphatic heterocycles. The third-order valence-electron chi connectivity index (χ3n) is 4.91. The van der Waals surface area contributed by atoms with Crippen molar-refractivity contribution in [2.24, 2.45) is 11.8 Å². The van der Waals surface area contributed by atoms with Crippen LogP contribution in [-0.4, -0.2) is 6.54 Å². The van der Waals surface area contributed by atoms with Gasteiger partial charge >= 0.3 is 0 Å². The Balaban J connectivity index is 1.59. The minimum atomic E-state index is -0.0203. The highest BCUT2D eigenvalue weighted by atomic mass is 19.1. The summed E-state index contributed by atoms with van der Waals surface area (Å²) in [4.78, 5) is 0. The van der Waals surface area contributed by atoms with Gasteiger partial charge in [-0.2, -0.15) is 0 Å². The van der Waals surface area contributed by atoms with Crippen molar-refractivity contribution in [3.05, 3.63) is 35.1 Å². The molecule has 1 N–H and O–H groups in total. The van der Waals surface area contributed by atoms with Crippen LogP contribution < -0.4 is 5.32 Å². The Hall–Kier alpha value is -0.890. The minimum Gasteiger partial charge on any atom is -0.310 e. The number of fused-ring (bicyclic) bond motifs is 1. The summed E-state index contributed by atoms with van der Waals surface area (Å²) in [5.74, 6) is 1.68. The summed E-state index contributed by atoms with van der Waals surface area (Å²) in [6.07, 6.45) is 7.44. The van der Waals surface area contributed by atoms with E-state index in [9.17, 15) is 4.39 Å². The van der Waals surface area contributed by atoms with Crippen LogP contribution >= 0.6 is 0 Å². The topological polar surface area (TPSA) is 12.0 Å². The van der Waals surface area contributed by atoms with Gasteiger partial charge in [0.25, 0.3) is 0 Å². The lowest BCUT2D eigenvalue weighted by atomic mass is 9.82. The van der Waals surface area contributed by atoms with E-state index < -0.39 is 0 Å². The van der Waals surface area contributed by atoms with Crippen molar-refractivity contribution in [3.8, 4) is 0 Å². The fraction of sp³-hybridized carbons (Fsp3) is 0.647. The van der Waals surface area contributed by atoms with Crippen LogP contribution in [0.5, 0.6) is 0 Å². The van der Waals surface area contributed by atoms with Crippen LogP contribution in [0.1, 0.15) is 56.2 Å². The van der Waals surface area contributed by atoms with Gasteiger partial charge in [-0.15, -0.1) is 0 Å². The van der Waals surface area contributed by atoms with Gasteiger partial charge in [-0.25, -0.2) is 4.39 Å². The fourth-order valence-electron chi connectivity index (χ4n) is 3.88. The van der Waals surface area contributed by atoms with E-state index in [1.807, 2.05) is 6.07 Å². The van der Waals surface area contributed by atoms with E-state index in [-0.39, 0.29) is 5.82 Å². The lowest BCUT2D eigenvalue weighted by Gasteiger charge is -2.28. The molecule has 3 rings (SSSR count). The Morgan fingerprint density at radius 3 is 3.00 bits per heavy atom. The van der Waals surface area contributed by atoms with Gasteiger partial charge in [0, 0.05) is 6.04 Å². The van der Waals surface area contributed by atoms with Crippen molar-refractivity contribution >= 4 is 0 Å². The summed E-state index contributed by atoms with van der Waals surface area (Å²) < 4.78 is 13.7. The predicted octanol–water partition coefficient (Wildman–Crippen LogP) is 4.23. The van der Waals surface area contributed by atoms with Crippen LogP contribution in [0.2, 0.25) is 0 Å². The smallest absolute Gasteiger partial charge is 0.126 e. The normalized spacial score (nSPS) is 30.3. The number of halogens is 1. The monoisotopic (exact) mass is 261 g/mol. The molecule has 0 spiro atoms. The maximum Gasteiger partial charge on any atom is 0.126 e. The molecular formula is C17H24FN. The zero-order valence-corrected chi connectivity index (χ0v) is 11.8. The highest BCUT2D eigenvalue weighted by molar-refractivity contribution is 5.35. The van der Waals surface area contributed by atoms with Crippen molar-refractivity contribution in [3.63, 3.8) is 0 Å². The first-order chi connectivity index (χ1) is 9.24. The summed E-state index contributed by atoms with van der Waals surface area (Å²) >= 11 is 0. The SMILES string of the molecule is CC1CCCC(CNC2CCc3c(F)cccc32)C1. The average molecular weight is 261 g/mol. The summed E-state index contributed by atoms with van der Waals surface area (Å²) in [7, 11) is 0. The highest BCUT2D eigenvalue weighted by Gasteiger charge is 2.26. The summed E-state index contributed by atoms with van der Waals surface area (Å²) in [5.41, 5.74) is 2.14. The molecule has 3 unspecified atom stereocenters. The summed E-state index contributed by atoms with van der Waals surface area (Å²) in [5, 5.41) is 3.69. The molecule has 3 atom stereocenters. The number of benzene rings is 1. The molecule has 1 aromatic carbocycles. The largest absolute Gasteiger partial charge is 0.310 e. The van der Waals surface area contributed by atoms with Crippen molar-refractivity contribution < 1.29 is 4.39 Å². The third kappa shape index (κ3) is 2.84. The highest BCUT2D eigenvalue weighted by Crippen LogP contribution is 2.34. The fourth-order valence-corrected chi connectivity index (χ4v) is 3.88. The summed E-state index contributed by atoms with van der Waals surface area (Å²) in [6.45, 7) is 3.47. The standard InChI is InChI=1S/C17H24FN/c1-12-4-2-5-13(10-12)11-19-17-9-8-14-15(17)6-3-7-16(14)18/h3,6-7,12-13,17,19H,2,4-5,8-11H2,1H3. The zero-order valence-electron chi connectivity index (χ0n) is 11.8. The summed E-state index contributed by atoms with van der Waals surface area (Å²) in [6, 6.07) is 5.90. The second kappa shape index (κ2) is 5.62. The first kappa shape index (κ1) is 13.1. The van der Waals surface area contributed by atoms with E-state index in [2.05, 4.69) is 18.3 Å². The van der Waals surface area contributed by atoms with Crippen LogP contribution in [0.3, 0.4) is 0 Å². The molecule has 0 aromatic heterocycles. The van der Waals surface area contributed by atoms with Crippen molar-refractivity contribution in [2.75, 3.05) is 6.54 Å². The molecule has 0 bridgehead atoms. The molecule has 1 fully saturated rings. The van der Waals surface area contributed by atoms with Gasteiger partial charge in [-0.3, -0.25) is 0 Å². The Kier molecular flexibility index (Phi) is 3.88. The van der Waals surface area contributed by atoms with Gasteiger partial charge in [-0.1, -0.05) is 31.9 Å². The van der Waals surface area contributed by atoms with Gasteiger partial charge in [0.1, 0.15) is 5.82 Å². The van der Waals surface area contributed by atoms with E-state index in [1.165, 1.54) is 31.2 Å². The molecule has 2 heteroatoms. The van der Waals surface area contributed by atoms with Gasteiger partial charge in [-0.05, 0) is 61.3 Å². The molecular weight excluding hydrogens is 237 g/mol. The van der Waals surface area contributed by atoms with Crippen LogP contribution in [0, 0.1) is 17.7 Å². The predicted molar refractivity (Wildman–Crippen MR) is 76.6 cm³/mol. The molecule has 19 heavy (non-hydrogen) atoms. The van der Waals surface area contributed by atoms with Crippen LogP contribution in [0.25, 0.3) is 0 Å². The maximum absolute atomic E-state index is 13.7. The molecule has 1 nitrogen and oxygen atoms in total. The zero-order chi connectivity index (χ0) is 13.2. The van der Waals surface area contributed by atoms with Crippen LogP contribution in [0.4, 0.5) is 4.39 Å². The molecule has 104 valence electrons. The number of nitrogens with one attached hydrogen (secondary N) is 1. The second-order valence-electron chi connectivity index (χ2n) is 6.44. The number of hydrogen-bond donors (Lipinski definition) is 1. The number of hydrogen-bond acceptors (Lipinski definition) is 1. The molecule has 2 aliphatic rings. The quantitative estimate of drug-likeness (QED) is 0.858. The van der Waals surface area contributed by atoms with Gasteiger partial charge in [0.2, 0.25) is 0 Å². The Morgan fingerprint density at radius 1 is 1.26 bits per heavy atom. The lowest BCUT2D eigenvalue weighted by Crippen LogP contribution is -2.29. The molecule has 0 saturated heterocycles. The van der Waals surface area contributed by atoms with E-state index in [0.29, 0.717) is 6.04 Å². The average Bonchev–Trinajstić information content (AvgIpc) is 2.81. The molecule has 0 amide bonds. The van der Waals surface area contributed by atoms with Crippen molar-refractivity contribution in [2.45, 2.75) is 51.5 Å². The van der Waals surface area contributed by atoms with Crippen LogP contribution in [-0.2, 0) is 6.42 Å². The Labute approximate surface area is 115 Å². The van der Waals surface area contributed by atoms with Gasteiger partial charge < -0.3 is 5.32 Å². The molecule has 1 saturated carbocycles. The van der Waals surface area contributed by atoms with Crippen LogP contribution in [0.15, 0.2) is 18.2 Å². The van der Waals surface area contributed by atoms with E-state index in [0.717, 1.165) is 36.8 Å². The molecule has 2 aliphatic carbocycles. The first-order valence-electron chi connectivity index (χ1n) is 7.74. The van der Waals surface area contributed by atoms with E-state index in [4.69, 9.17) is 0 Å². The van der Waals surface area contributed by atoms with E-state index in [1.54, 1.807) is 6.07 Å². The third-order valence-corrected chi connectivity index (χ3v) is 4.91. The van der Waals surface area contributed by atoms with Gasteiger partial charge in [0.15, 0.2) is 0 Å². The maximum atomic E-state index is 13.7. The Bertz CT molecular complexity index is 443. The first-order valence-corrected chi connectivity index (χ1v) is 7.74. The molecule has 0 heterocycles.